The van der Waals surface area contributed by atoms with Crippen LogP contribution in [0.15, 0.2) is 18.2 Å². The average molecular weight is 306 g/mol. The van der Waals surface area contributed by atoms with Crippen molar-refractivity contribution >= 4 is 31.4 Å². The van der Waals surface area contributed by atoms with Crippen molar-refractivity contribution in [2.75, 3.05) is 20.9 Å². The van der Waals surface area contributed by atoms with Gasteiger partial charge in [0.05, 0.1) is 17.2 Å². The van der Waals surface area contributed by atoms with Crippen LogP contribution in [0.1, 0.15) is 19.4 Å². The lowest BCUT2D eigenvalue weighted by atomic mass is 10.2. The maximum Gasteiger partial charge on any atom is 0.232 e. The van der Waals surface area contributed by atoms with E-state index >= 15 is 0 Å². The summed E-state index contributed by atoms with van der Waals surface area (Å²) in [6, 6.07) is 4.64. The highest BCUT2D eigenvalue weighted by molar-refractivity contribution is 7.92. The van der Waals surface area contributed by atoms with Gasteiger partial charge in [-0.25, -0.2) is 16.8 Å². The van der Waals surface area contributed by atoms with Gasteiger partial charge in [0.25, 0.3) is 0 Å². The number of benzene rings is 1. The van der Waals surface area contributed by atoms with Crippen LogP contribution in [0.2, 0.25) is 0 Å². The van der Waals surface area contributed by atoms with Crippen LogP contribution in [0.5, 0.6) is 0 Å². The SMILES string of the molecule is CCS(=O)(=O)Nc1ccc(NS(=O)(=O)CC)c(C)c1. The molecule has 0 atom stereocenters. The number of hydrogen-bond donors (Lipinski definition) is 2. The molecule has 0 unspecified atom stereocenters. The van der Waals surface area contributed by atoms with E-state index in [9.17, 15) is 16.8 Å². The van der Waals surface area contributed by atoms with E-state index in [-0.39, 0.29) is 11.5 Å². The van der Waals surface area contributed by atoms with Crippen molar-refractivity contribution in [3.05, 3.63) is 23.8 Å². The van der Waals surface area contributed by atoms with Gasteiger partial charge in [-0.15, -0.1) is 0 Å². The molecule has 8 heteroatoms. The minimum atomic E-state index is -3.34. The van der Waals surface area contributed by atoms with Crippen LogP contribution in [-0.4, -0.2) is 28.3 Å². The quantitative estimate of drug-likeness (QED) is 0.833. The molecule has 0 aliphatic rings. The van der Waals surface area contributed by atoms with Crippen LogP contribution in [-0.2, 0) is 20.0 Å². The summed E-state index contributed by atoms with van der Waals surface area (Å²) in [6.45, 7) is 4.79. The lowest BCUT2D eigenvalue weighted by molar-refractivity contribution is 0.600. The minimum absolute atomic E-state index is 0.0172. The van der Waals surface area contributed by atoms with Crippen LogP contribution in [0.3, 0.4) is 0 Å². The summed E-state index contributed by atoms with van der Waals surface area (Å²) in [5, 5.41) is 0. The van der Waals surface area contributed by atoms with Gasteiger partial charge in [-0.3, -0.25) is 9.44 Å². The Morgan fingerprint density at radius 1 is 0.947 bits per heavy atom. The fourth-order valence-corrected chi connectivity index (χ4v) is 2.67. The Kier molecular flexibility index (Phi) is 4.81. The molecule has 0 fully saturated rings. The molecule has 0 aliphatic carbocycles. The average Bonchev–Trinajstić information content (AvgIpc) is 2.32. The van der Waals surface area contributed by atoms with Crippen LogP contribution < -0.4 is 9.44 Å². The molecule has 0 aromatic heterocycles. The molecular formula is C11H18N2O4S2. The molecule has 0 saturated carbocycles. The number of aryl methyl sites for hydroxylation is 1. The molecule has 19 heavy (non-hydrogen) atoms. The summed E-state index contributed by atoms with van der Waals surface area (Å²) in [5.74, 6) is -0.0348. The Morgan fingerprint density at radius 2 is 1.47 bits per heavy atom. The molecule has 0 spiro atoms. The topological polar surface area (TPSA) is 92.3 Å². The normalized spacial score (nSPS) is 12.2. The summed E-state index contributed by atoms with van der Waals surface area (Å²) in [4.78, 5) is 0. The van der Waals surface area contributed by atoms with Crippen LogP contribution in [0.25, 0.3) is 0 Å². The summed E-state index contributed by atoms with van der Waals surface area (Å²) >= 11 is 0. The zero-order valence-electron chi connectivity index (χ0n) is 11.1. The van der Waals surface area contributed by atoms with Crippen molar-refractivity contribution in [2.45, 2.75) is 20.8 Å². The largest absolute Gasteiger partial charge is 0.284 e. The van der Waals surface area contributed by atoms with Gasteiger partial charge in [0.2, 0.25) is 20.0 Å². The van der Waals surface area contributed by atoms with E-state index in [1.807, 2.05) is 0 Å². The van der Waals surface area contributed by atoms with E-state index in [4.69, 9.17) is 0 Å². The fourth-order valence-electron chi connectivity index (χ4n) is 1.33. The second-order valence-electron chi connectivity index (χ2n) is 4.04. The highest BCUT2D eigenvalue weighted by Gasteiger charge is 2.11. The van der Waals surface area contributed by atoms with Crippen LogP contribution in [0, 0.1) is 6.92 Å². The number of hydrogen-bond acceptors (Lipinski definition) is 4. The first-order chi connectivity index (χ1) is 8.69. The van der Waals surface area contributed by atoms with Crippen LogP contribution >= 0.6 is 0 Å². The Morgan fingerprint density at radius 3 is 1.95 bits per heavy atom. The predicted molar refractivity (Wildman–Crippen MR) is 77.3 cm³/mol. The lowest BCUT2D eigenvalue weighted by Crippen LogP contribution is -2.16. The first-order valence-corrected chi connectivity index (χ1v) is 9.11. The third-order valence-electron chi connectivity index (χ3n) is 2.53. The van der Waals surface area contributed by atoms with Crippen molar-refractivity contribution in [3.63, 3.8) is 0 Å². The zero-order chi connectivity index (χ0) is 14.7. The first-order valence-electron chi connectivity index (χ1n) is 5.80. The van der Waals surface area contributed by atoms with Crippen molar-refractivity contribution in [2.24, 2.45) is 0 Å². The van der Waals surface area contributed by atoms with E-state index in [1.54, 1.807) is 26.8 Å². The molecule has 1 aromatic rings. The number of nitrogens with one attached hydrogen (secondary N) is 2. The van der Waals surface area contributed by atoms with E-state index in [2.05, 4.69) is 9.44 Å². The predicted octanol–water partition coefficient (Wildman–Crippen LogP) is 1.52. The lowest BCUT2D eigenvalue weighted by Gasteiger charge is -2.12. The second kappa shape index (κ2) is 5.79. The van der Waals surface area contributed by atoms with E-state index in [0.717, 1.165) is 0 Å². The standard InChI is InChI=1S/C11H18N2O4S2/c1-4-18(14,15)12-10-6-7-11(9(3)8-10)13-19(16,17)5-2/h6-8,12-13H,4-5H2,1-3H3. The monoisotopic (exact) mass is 306 g/mol. The van der Waals surface area contributed by atoms with Gasteiger partial charge < -0.3 is 0 Å². The second-order valence-corrected chi connectivity index (χ2v) is 8.06. The molecule has 0 amide bonds. The van der Waals surface area contributed by atoms with Gasteiger partial charge in [-0.2, -0.15) is 0 Å². The van der Waals surface area contributed by atoms with Crippen molar-refractivity contribution in [3.8, 4) is 0 Å². The van der Waals surface area contributed by atoms with E-state index < -0.39 is 20.0 Å². The Hall–Kier alpha value is -1.28. The first kappa shape index (κ1) is 15.8. The van der Waals surface area contributed by atoms with Crippen LogP contribution in [0.4, 0.5) is 11.4 Å². The van der Waals surface area contributed by atoms with Gasteiger partial charge in [0.15, 0.2) is 0 Å². The molecule has 1 rings (SSSR count). The molecule has 108 valence electrons. The smallest absolute Gasteiger partial charge is 0.232 e. The van der Waals surface area contributed by atoms with E-state index in [0.29, 0.717) is 16.9 Å². The van der Waals surface area contributed by atoms with Crippen molar-refractivity contribution in [1.82, 2.24) is 0 Å². The highest BCUT2D eigenvalue weighted by atomic mass is 32.2. The van der Waals surface area contributed by atoms with Gasteiger partial charge in [-0.1, -0.05) is 0 Å². The molecule has 1 aromatic carbocycles. The highest BCUT2D eigenvalue weighted by Crippen LogP contribution is 2.21. The maximum atomic E-state index is 11.5. The molecule has 0 saturated heterocycles. The van der Waals surface area contributed by atoms with Gasteiger partial charge >= 0.3 is 0 Å². The molecule has 0 heterocycles. The zero-order valence-corrected chi connectivity index (χ0v) is 12.7. The Bertz CT molecular complexity index is 651. The Labute approximate surface area is 114 Å². The van der Waals surface area contributed by atoms with E-state index in [1.165, 1.54) is 12.1 Å². The molecule has 6 nitrogen and oxygen atoms in total. The number of sulfonamides is 2. The molecule has 0 aliphatic heterocycles. The third-order valence-corrected chi connectivity index (χ3v) is 5.12. The summed E-state index contributed by atoms with van der Waals surface area (Å²) in [7, 11) is -6.67. The fraction of sp³-hybridized carbons (Fsp3) is 0.455. The summed E-state index contributed by atoms with van der Waals surface area (Å²) < 4.78 is 50.6. The van der Waals surface area contributed by atoms with Gasteiger partial charge in [-0.05, 0) is 44.5 Å². The van der Waals surface area contributed by atoms with Gasteiger partial charge in [0, 0.05) is 5.69 Å². The number of rotatable bonds is 6. The van der Waals surface area contributed by atoms with Crippen molar-refractivity contribution < 1.29 is 16.8 Å². The minimum Gasteiger partial charge on any atom is -0.284 e. The number of anilines is 2. The van der Waals surface area contributed by atoms with Gasteiger partial charge in [0.1, 0.15) is 0 Å². The van der Waals surface area contributed by atoms with Crippen molar-refractivity contribution in [1.29, 1.82) is 0 Å². The maximum absolute atomic E-state index is 11.5. The summed E-state index contributed by atoms with van der Waals surface area (Å²) in [5.41, 5.74) is 1.51. The Balaban J connectivity index is 2.99. The third kappa shape index (κ3) is 4.71. The molecular weight excluding hydrogens is 288 g/mol. The molecule has 0 radical (unpaired) electrons. The summed E-state index contributed by atoms with van der Waals surface area (Å²) in [6.07, 6.45) is 0. The molecule has 2 N–H and O–H groups in total. The molecule has 0 bridgehead atoms.